The van der Waals surface area contributed by atoms with Gasteiger partial charge in [-0.3, -0.25) is 9.59 Å². The van der Waals surface area contributed by atoms with Gasteiger partial charge >= 0.3 is 5.97 Å². The average Bonchev–Trinajstić information content (AvgIpc) is 2.78. The van der Waals surface area contributed by atoms with Crippen LogP contribution in [0.4, 0.5) is 0 Å². The second kappa shape index (κ2) is 4.66. The number of ether oxygens (including phenoxy) is 1. The number of benzene rings is 1. The van der Waals surface area contributed by atoms with Gasteiger partial charge in [-0.25, -0.2) is 0 Å². The van der Waals surface area contributed by atoms with E-state index in [1.54, 1.807) is 24.3 Å². The smallest absolute Gasteiger partial charge is 0.308 e. The molecule has 7 nitrogen and oxygen atoms in total. The van der Waals surface area contributed by atoms with Crippen molar-refractivity contribution in [3.8, 4) is 17.0 Å². The van der Waals surface area contributed by atoms with Crippen LogP contribution in [0, 0.1) is 0 Å². The lowest BCUT2D eigenvalue weighted by Crippen LogP contribution is -2.12. The number of hydrogen-bond donors (Lipinski definition) is 2. The Bertz CT molecular complexity index is 589. The minimum atomic E-state index is -0.664. The van der Waals surface area contributed by atoms with Crippen LogP contribution in [0.25, 0.3) is 11.3 Å². The molecule has 1 heterocycles. The Morgan fingerprint density at radius 3 is 2.44 bits per heavy atom. The standard InChI is InChI=1S/C11H10N4O3/c1-6(16)18-8-4-2-7(3-5-8)9-10(11(12)17)14-15-13-9/h2-5H,1H3,(H2,12,17)(H,13,14,15). The normalized spacial score (nSPS) is 10.1. The second-order valence-electron chi connectivity index (χ2n) is 3.50. The van der Waals surface area contributed by atoms with Crippen LogP contribution in [-0.2, 0) is 4.79 Å². The summed E-state index contributed by atoms with van der Waals surface area (Å²) in [6.07, 6.45) is 0. The first-order valence-corrected chi connectivity index (χ1v) is 5.07. The zero-order chi connectivity index (χ0) is 13.1. The number of nitrogens with one attached hydrogen (secondary N) is 1. The number of H-pyrrole nitrogens is 1. The van der Waals surface area contributed by atoms with Crippen LogP contribution in [-0.4, -0.2) is 27.3 Å². The molecule has 1 aromatic heterocycles. The highest BCUT2D eigenvalue weighted by molar-refractivity contribution is 5.96. The molecule has 0 saturated heterocycles. The van der Waals surface area contributed by atoms with Gasteiger partial charge in [-0.2, -0.15) is 15.4 Å². The molecule has 1 amide bonds. The highest BCUT2D eigenvalue weighted by Gasteiger charge is 2.14. The van der Waals surface area contributed by atoms with E-state index in [1.165, 1.54) is 6.92 Å². The number of hydrogen-bond acceptors (Lipinski definition) is 5. The highest BCUT2D eigenvalue weighted by Crippen LogP contribution is 2.22. The summed E-state index contributed by atoms with van der Waals surface area (Å²) in [7, 11) is 0. The van der Waals surface area contributed by atoms with Gasteiger partial charge in [0.25, 0.3) is 5.91 Å². The molecule has 1 aromatic carbocycles. The molecule has 0 fully saturated rings. The molecule has 0 aliphatic rings. The third-order valence-corrected chi connectivity index (χ3v) is 2.17. The van der Waals surface area contributed by atoms with E-state index in [2.05, 4.69) is 15.4 Å². The summed E-state index contributed by atoms with van der Waals surface area (Å²) in [6.45, 7) is 1.32. The lowest BCUT2D eigenvalue weighted by atomic mass is 10.1. The molecule has 0 aliphatic heterocycles. The molecule has 3 N–H and O–H groups in total. The van der Waals surface area contributed by atoms with Gasteiger partial charge in [-0.15, -0.1) is 0 Å². The number of primary amides is 1. The first kappa shape index (κ1) is 11.8. The first-order chi connectivity index (χ1) is 8.58. The molecule has 0 atom stereocenters. The Morgan fingerprint density at radius 1 is 1.22 bits per heavy atom. The monoisotopic (exact) mass is 246 g/mol. The average molecular weight is 246 g/mol. The number of aromatic nitrogens is 3. The largest absolute Gasteiger partial charge is 0.427 e. The van der Waals surface area contributed by atoms with Gasteiger partial charge in [-0.05, 0) is 24.3 Å². The Kier molecular flexibility index (Phi) is 3.05. The SMILES string of the molecule is CC(=O)Oc1ccc(-c2n[nH]nc2C(N)=O)cc1. The van der Waals surface area contributed by atoms with Crippen LogP contribution in [0.1, 0.15) is 17.4 Å². The van der Waals surface area contributed by atoms with Crippen molar-refractivity contribution < 1.29 is 14.3 Å². The van der Waals surface area contributed by atoms with Gasteiger partial charge in [0.1, 0.15) is 11.4 Å². The van der Waals surface area contributed by atoms with Gasteiger partial charge in [0.15, 0.2) is 5.69 Å². The fourth-order valence-electron chi connectivity index (χ4n) is 1.45. The molecule has 0 spiro atoms. The maximum atomic E-state index is 11.1. The van der Waals surface area contributed by atoms with Crippen molar-refractivity contribution in [1.82, 2.24) is 15.4 Å². The fraction of sp³-hybridized carbons (Fsp3) is 0.0909. The van der Waals surface area contributed by atoms with Crippen molar-refractivity contribution in [3.63, 3.8) is 0 Å². The zero-order valence-corrected chi connectivity index (χ0v) is 9.51. The fourth-order valence-corrected chi connectivity index (χ4v) is 1.45. The van der Waals surface area contributed by atoms with E-state index in [9.17, 15) is 9.59 Å². The van der Waals surface area contributed by atoms with E-state index in [0.717, 1.165) is 0 Å². The number of esters is 1. The number of amides is 1. The number of carbonyl (C=O) groups excluding carboxylic acids is 2. The minimum Gasteiger partial charge on any atom is -0.427 e. The maximum Gasteiger partial charge on any atom is 0.308 e. The number of carbonyl (C=O) groups is 2. The lowest BCUT2D eigenvalue weighted by Gasteiger charge is -2.02. The lowest BCUT2D eigenvalue weighted by molar-refractivity contribution is -0.131. The molecule has 0 bridgehead atoms. The summed E-state index contributed by atoms with van der Waals surface area (Å²) in [4.78, 5) is 21.9. The highest BCUT2D eigenvalue weighted by atomic mass is 16.5. The Hall–Kier alpha value is -2.70. The van der Waals surface area contributed by atoms with Crippen molar-refractivity contribution in [2.75, 3.05) is 0 Å². The Labute approximate surface area is 102 Å². The number of aromatic amines is 1. The van der Waals surface area contributed by atoms with Gasteiger partial charge in [0.05, 0.1) is 0 Å². The molecule has 0 radical (unpaired) electrons. The van der Waals surface area contributed by atoms with E-state index in [0.29, 0.717) is 17.0 Å². The minimum absolute atomic E-state index is 0.0650. The molecule has 7 heteroatoms. The number of nitrogens with two attached hydrogens (primary N) is 1. The molecule has 0 saturated carbocycles. The van der Waals surface area contributed by atoms with E-state index < -0.39 is 11.9 Å². The third-order valence-electron chi connectivity index (χ3n) is 2.17. The van der Waals surface area contributed by atoms with Crippen LogP contribution in [0.2, 0.25) is 0 Å². The summed E-state index contributed by atoms with van der Waals surface area (Å²) in [5.41, 5.74) is 6.23. The molecule has 0 unspecified atom stereocenters. The molecular formula is C11H10N4O3. The van der Waals surface area contributed by atoms with Crippen LogP contribution < -0.4 is 10.5 Å². The van der Waals surface area contributed by atoms with Gasteiger partial charge < -0.3 is 10.5 Å². The van der Waals surface area contributed by atoms with E-state index in [4.69, 9.17) is 10.5 Å². The Balaban J connectivity index is 2.31. The van der Waals surface area contributed by atoms with Crippen molar-refractivity contribution in [1.29, 1.82) is 0 Å². The van der Waals surface area contributed by atoms with E-state index >= 15 is 0 Å². The molecule has 92 valence electrons. The number of rotatable bonds is 3. The number of nitrogens with zero attached hydrogens (tertiary/aromatic N) is 2. The molecule has 2 aromatic rings. The maximum absolute atomic E-state index is 11.1. The molecular weight excluding hydrogens is 236 g/mol. The zero-order valence-electron chi connectivity index (χ0n) is 9.51. The van der Waals surface area contributed by atoms with Crippen LogP contribution in [0.5, 0.6) is 5.75 Å². The second-order valence-corrected chi connectivity index (χ2v) is 3.50. The predicted molar refractivity (Wildman–Crippen MR) is 61.6 cm³/mol. The topological polar surface area (TPSA) is 111 Å². The molecule has 18 heavy (non-hydrogen) atoms. The molecule has 0 aliphatic carbocycles. The van der Waals surface area contributed by atoms with Gasteiger partial charge in [0, 0.05) is 12.5 Å². The summed E-state index contributed by atoms with van der Waals surface area (Å²) < 4.78 is 4.89. The van der Waals surface area contributed by atoms with Crippen LogP contribution in [0.3, 0.4) is 0 Å². The Morgan fingerprint density at radius 2 is 1.89 bits per heavy atom. The quantitative estimate of drug-likeness (QED) is 0.605. The van der Waals surface area contributed by atoms with E-state index in [-0.39, 0.29) is 5.69 Å². The third kappa shape index (κ3) is 2.34. The van der Waals surface area contributed by atoms with Crippen molar-refractivity contribution in [3.05, 3.63) is 30.0 Å². The van der Waals surface area contributed by atoms with Crippen LogP contribution in [0.15, 0.2) is 24.3 Å². The van der Waals surface area contributed by atoms with Crippen LogP contribution >= 0.6 is 0 Å². The van der Waals surface area contributed by atoms with Crippen molar-refractivity contribution >= 4 is 11.9 Å². The van der Waals surface area contributed by atoms with Crippen molar-refractivity contribution in [2.24, 2.45) is 5.73 Å². The summed E-state index contributed by atoms with van der Waals surface area (Å²) in [6, 6.07) is 6.50. The van der Waals surface area contributed by atoms with E-state index in [1.807, 2.05) is 0 Å². The van der Waals surface area contributed by atoms with Crippen molar-refractivity contribution in [2.45, 2.75) is 6.92 Å². The van der Waals surface area contributed by atoms with Gasteiger partial charge in [0.2, 0.25) is 0 Å². The molecule has 2 rings (SSSR count). The first-order valence-electron chi connectivity index (χ1n) is 5.07. The predicted octanol–water partition coefficient (Wildman–Crippen LogP) is 0.496. The summed E-state index contributed by atoms with van der Waals surface area (Å²) >= 11 is 0. The summed E-state index contributed by atoms with van der Waals surface area (Å²) in [5.74, 6) is -0.653. The summed E-state index contributed by atoms with van der Waals surface area (Å²) in [5, 5.41) is 9.86. The van der Waals surface area contributed by atoms with Gasteiger partial charge in [-0.1, -0.05) is 0 Å².